The van der Waals surface area contributed by atoms with Crippen molar-refractivity contribution < 1.29 is 4.74 Å². The average molecular weight is 267 g/mol. The Bertz CT molecular complexity index is 507. The van der Waals surface area contributed by atoms with Gasteiger partial charge in [-0.3, -0.25) is 4.79 Å². The second kappa shape index (κ2) is 4.27. The number of halogens is 1. The van der Waals surface area contributed by atoms with E-state index in [2.05, 4.69) is 25.9 Å². The molecule has 1 aromatic heterocycles. The van der Waals surface area contributed by atoms with Crippen LogP contribution in [0.3, 0.4) is 0 Å². The standard InChI is InChI=1S/C10H7BrN2O2/c11-7-1-3-8(4-2-7)15-10-9(14)12-5-6-13-10/h1-6H,(H,12,14). The Balaban J connectivity index is 2.26. The van der Waals surface area contributed by atoms with Gasteiger partial charge < -0.3 is 9.72 Å². The molecule has 0 aliphatic rings. The molecule has 0 saturated carbocycles. The van der Waals surface area contributed by atoms with E-state index in [1.807, 2.05) is 12.1 Å². The Morgan fingerprint density at radius 2 is 2.00 bits per heavy atom. The van der Waals surface area contributed by atoms with Gasteiger partial charge in [-0.15, -0.1) is 0 Å². The van der Waals surface area contributed by atoms with Crippen LogP contribution in [0, 0.1) is 0 Å². The van der Waals surface area contributed by atoms with Gasteiger partial charge in [0.15, 0.2) is 0 Å². The SMILES string of the molecule is O=c1[nH]ccnc1Oc1ccc(Br)cc1. The first-order valence-corrected chi connectivity index (χ1v) is 5.02. The van der Waals surface area contributed by atoms with Crippen LogP contribution in [0.15, 0.2) is 45.9 Å². The fourth-order valence-corrected chi connectivity index (χ4v) is 1.29. The maximum atomic E-state index is 11.2. The number of hydrogen-bond donors (Lipinski definition) is 1. The minimum Gasteiger partial charge on any atom is -0.435 e. The molecule has 0 aliphatic carbocycles. The molecule has 1 heterocycles. The number of aromatic amines is 1. The Morgan fingerprint density at radius 3 is 2.67 bits per heavy atom. The number of aromatic nitrogens is 2. The third-order valence-electron chi connectivity index (χ3n) is 1.70. The van der Waals surface area contributed by atoms with Crippen LogP contribution in [0.25, 0.3) is 0 Å². The molecule has 0 fully saturated rings. The van der Waals surface area contributed by atoms with Crippen LogP contribution in [-0.2, 0) is 0 Å². The number of H-pyrrole nitrogens is 1. The lowest BCUT2D eigenvalue weighted by Crippen LogP contribution is -2.09. The predicted molar refractivity (Wildman–Crippen MR) is 59.1 cm³/mol. The summed E-state index contributed by atoms with van der Waals surface area (Å²) in [6.07, 6.45) is 2.92. The number of benzene rings is 1. The monoisotopic (exact) mass is 266 g/mol. The molecular formula is C10H7BrN2O2. The molecule has 0 amide bonds. The molecule has 15 heavy (non-hydrogen) atoms. The number of hydrogen-bond acceptors (Lipinski definition) is 3. The Hall–Kier alpha value is -1.62. The van der Waals surface area contributed by atoms with Crippen LogP contribution in [-0.4, -0.2) is 9.97 Å². The number of ether oxygens (including phenoxy) is 1. The van der Waals surface area contributed by atoms with Crippen LogP contribution in [0.2, 0.25) is 0 Å². The summed E-state index contributed by atoms with van der Waals surface area (Å²) in [5.74, 6) is 0.613. The van der Waals surface area contributed by atoms with E-state index < -0.39 is 0 Å². The van der Waals surface area contributed by atoms with Crippen LogP contribution >= 0.6 is 15.9 Å². The lowest BCUT2D eigenvalue weighted by atomic mass is 10.3. The molecule has 0 bridgehead atoms. The van der Waals surface area contributed by atoms with Crippen molar-refractivity contribution >= 4 is 15.9 Å². The highest BCUT2D eigenvalue weighted by Gasteiger charge is 2.02. The fraction of sp³-hybridized carbons (Fsp3) is 0. The summed E-state index contributed by atoms with van der Waals surface area (Å²) in [7, 11) is 0. The van der Waals surface area contributed by atoms with E-state index in [0.717, 1.165) is 4.47 Å². The quantitative estimate of drug-likeness (QED) is 0.908. The maximum absolute atomic E-state index is 11.2. The average Bonchev–Trinajstić information content (AvgIpc) is 2.25. The van der Waals surface area contributed by atoms with E-state index in [1.54, 1.807) is 12.1 Å². The topological polar surface area (TPSA) is 55.0 Å². The van der Waals surface area contributed by atoms with E-state index in [-0.39, 0.29) is 11.4 Å². The van der Waals surface area contributed by atoms with Gasteiger partial charge in [0.1, 0.15) is 5.75 Å². The summed E-state index contributed by atoms with van der Waals surface area (Å²) in [5.41, 5.74) is -0.347. The molecule has 0 saturated heterocycles. The zero-order chi connectivity index (χ0) is 10.7. The van der Waals surface area contributed by atoms with E-state index in [4.69, 9.17) is 4.74 Å². The summed E-state index contributed by atoms with van der Waals surface area (Å²) in [4.78, 5) is 17.5. The molecule has 1 aromatic carbocycles. The first-order valence-electron chi connectivity index (χ1n) is 4.23. The third kappa shape index (κ3) is 2.44. The third-order valence-corrected chi connectivity index (χ3v) is 2.23. The van der Waals surface area contributed by atoms with Crippen LogP contribution < -0.4 is 10.3 Å². The van der Waals surface area contributed by atoms with Crippen molar-refractivity contribution in [1.82, 2.24) is 9.97 Å². The number of nitrogens with one attached hydrogen (secondary N) is 1. The van der Waals surface area contributed by atoms with Gasteiger partial charge in [-0.05, 0) is 24.3 Å². The molecule has 2 rings (SSSR count). The zero-order valence-electron chi connectivity index (χ0n) is 7.61. The Labute approximate surface area is 94.1 Å². The van der Waals surface area contributed by atoms with Crippen LogP contribution in [0.4, 0.5) is 0 Å². The summed E-state index contributed by atoms with van der Waals surface area (Å²) < 4.78 is 6.24. The zero-order valence-corrected chi connectivity index (χ0v) is 9.19. The highest BCUT2D eigenvalue weighted by atomic mass is 79.9. The van der Waals surface area contributed by atoms with Crippen molar-refractivity contribution in [2.24, 2.45) is 0 Å². The molecule has 0 atom stereocenters. The van der Waals surface area contributed by atoms with E-state index in [9.17, 15) is 4.79 Å². The molecule has 0 radical (unpaired) electrons. The van der Waals surface area contributed by atoms with Crippen LogP contribution in [0.5, 0.6) is 11.6 Å². The minimum absolute atomic E-state index is 0.0415. The smallest absolute Gasteiger partial charge is 0.311 e. The summed E-state index contributed by atoms with van der Waals surface area (Å²) in [6, 6.07) is 7.15. The Kier molecular flexibility index (Phi) is 2.82. The largest absolute Gasteiger partial charge is 0.435 e. The van der Waals surface area contributed by atoms with Crippen molar-refractivity contribution in [2.45, 2.75) is 0 Å². The van der Waals surface area contributed by atoms with Gasteiger partial charge in [-0.2, -0.15) is 0 Å². The highest BCUT2D eigenvalue weighted by molar-refractivity contribution is 9.10. The minimum atomic E-state index is -0.347. The molecule has 4 nitrogen and oxygen atoms in total. The van der Waals surface area contributed by atoms with Crippen molar-refractivity contribution in [2.75, 3.05) is 0 Å². The van der Waals surface area contributed by atoms with Gasteiger partial charge in [0, 0.05) is 16.9 Å². The van der Waals surface area contributed by atoms with E-state index in [0.29, 0.717) is 5.75 Å². The molecule has 0 spiro atoms. The lowest BCUT2D eigenvalue weighted by Gasteiger charge is -2.02. The first-order chi connectivity index (χ1) is 7.25. The molecule has 0 unspecified atom stereocenters. The van der Waals surface area contributed by atoms with Gasteiger partial charge >= 0.3 is 5.56 Å². The second-order valence-corrected chi connectivity index (χ2v) is 3.70. The van der Waals surface area contributed by atoms with E-state index >= 15 is 0 Å². The summed E-state index contributed by atoms with van der Waals surface area (Å²) in [5, 5.41) is 0. The molecule has 1 N–H and O–H groups in total. The first kappa shape index (κ1) is 9.92. The van der Waals surface area contributed by atoms with Crippen molar-refractivity contribution in [3.8, 4) is 11.6 Å². The van der Waals surface area contributed by atoms with Gasteiger partial charge in [-0.25, -0.2) is 4.98 Å². The maximum Gasteiger partial charge on any atom is 0.311 e. The van der Waals surface area contributed by atoms with Crippen molar-refractivity contribution in [3.63, 3.8) is 0 Å². The van der Waals surface area contributed by atoms with Gasteiger partial charge in [0.05, 0.1) is 0 Å². The summed E-state index contributed by atoms with van der Waals surface area (Å²) >= 11 is 3.31. The number of nitrogens with zero attached hydrogens (tertiary/aromatic N) is 1. The van der Waals surface area contributed by atoms with Crippen molar-refractivity contribution in [1.29, 1.82) is 0 Å². The number of rotatable bonds is 2. The fourth-order valence-electron chi connectivity index (χ4n) is 1.03. The second-order valence-electron chi connectivity index (χ2n) is 2.78. The van der Waals surface area contributed by atoms with Gasteiger partial charge in [0.2, 0.25) is 0 Å². The highest BCUT2D eigenvalue weighted by Crippen LogP contribution is 2.19. The molecule has 5 heteroatoms. The van der Waals surface area contributed by atoms with Crippen molar-refractivity contribution in [3.05, 3.63) is 51.5 Å². The van der Waals surface area contributed by atoms with Crippen LogP contribution in [0.1, 0.15) is 0 Å². The lowest BCUT2D eigenvalue weighted by molar-refractivity contribution is 0.454. The van der Waals surface area contributed by atoms with E-state index in [1.165, 1.54) is 12.4 Å². The molecule has 2 aromatic rings. The Morgan fingerprint density at radius 1 is 1.27 bits per heavy atom. The summed E-state index contributed by atoms with van der Waals surface area (Å²) in [6.45, 7) is 0. The van der Waals surface area contributed by atoms with Gasteiger partial charge in [0.25, 0.3) is 5.88 Å². The predicted octanol–water partition coefficient (Wildman–Crippen LogP) is 2.32. The van der Waals surface area contributed by atoms with Gasteiger partial charge in [-0.1, -0.05) is 15.9 Å². The molecule has 0 aliphatic heterocycles. The normalized spacial score (nSPS) is 9.93. The molecule has 76 valence electrons. The molecular weight excluding hydrogens is 260 g/mol.